The van der Waals surface area contributed by atoms with Crippen LogP contribution in [0.2, 0.25) is 0 Å². The molecule has 11 heteroatoms. The lowest BCUT2D eigenvalue weighted by molar-refractivity contribution is -0.163. The van der Waals surface area contributed by atoms with Crippen LogP contribution in [0.5, 0.6) is 0 Å². The zero-order valence-electron chi connectivity index (χ0n) is 27.4. The predicted molar refractivity (Wildman–Crippen MR) is 180 cm³/mol. The van der Waals surface area contributed by atoms with Crippen molar-refractivity contribution in [1.29, 1.82) is 0 Å². The second-order valence-electron chi connectivity index (χ2n) is 13.2. The highest BCUT2D eigenvalue weighted by atomic mass is 16.4. The first kappa shape index (κ1) is 34.1. The summed E-state index contributed by atoms with van der Waals surface area (Å²) in [4.78, 5) is 63.5. The smallest absolute Gasteiger partial charge is 0.326 e. The fourth-order valence-electron chi connectivity index (χ4n) is 7.06. The molecular weight excluding hydrogens is 596 g/mol. The van der Waals surface area contributed by atoms with Gasteiger partial charge < -0.3 is 35.8 Å². The van der Waals surface area contributed by atoms with Crippen LogP contribution in [-0.4, -0.2) is 105 Å². The van der Waals surface area contributed by atoms with Gasteiger partial charge in [-0.05, 0) is 61.8 Å². The van der Waals surface area contributed by atoms with Gasteiger partial charge in [-0.25, -0.2) is 4.79 Å². The Bertz CT molecular complexity index is 1540. The molecule has 3 aromatic rings. The summed E-state index contributed by atoms with van der Waals surface area (Å²) < 4.78 is 0. The van der Waals surface area contributed by atoms with Crippen molar-refractivity contribution < 1.29 is 24.3 Å². The van der Waals surface area contributed by atoms with Crippen LogP contribution in [0, 0.1) is 5.92 Å². The summed E-state index contributed by atoms with van der Waals surface area (Å²) in [5.74, 6) is -1.76. The third-order valence-corrected chi connectivity index (χ3v) is 9.45. The van der Waals surface area contributed by atoms with Gasteiger partial charge in [0.1, 0.15) is 18.1 Å². The molecule has 0 unspecified atom stereocenters. The normalized spacial score (nSPS) is 20.2. The molecule has 3 heterocycles. The summed E-state index contributed by atoms with van der Waals surface area (Å²) in [7, 11) is 0. The van der Waals surface area contributed by atoms with Gasteiger partial charge in [0.05, 0.1) is 6.04 Å². The number of hydrogen-bond donors (Lipinski definition) is 4. The van der Waals surface area contributed by atoms with Crippen molar-refractivity contribution in [3.63, 3.8) is 0 Å². The molecule has 2 saturated heterocycles. The monoisotopic (exact) mass is 644 g/mol. The number of rotatable bonds is 14. The van der Waals surface area contributed by atoms with Crippen LogP contribution < -0.4 is 11.1 Å². The number of nitrogens with zero attached hydrogens (tertiary/aromatic N) is 3. The van der Waals surface area contributed by atoms with Crippen LogP contribution in [0.25, 0.3) is 10.9 Å². The molecule has 2 aromatic carbocycles. The van der Waals surface area contributed by atoms with E-state index in [2.05, 4.69) is 10.3 Å². The van der Waals surface area contributed by atoms with E-state index in [-0.39, 0.29) is 43.1 Å². The van der Waals surface area contributed by atoms with Crippen molar-refractivity contribution in [3.8, 4) is 0 Å². The third kappa shape index (κ3) is 7.85. The number of aromatic amines is 1. The average Bonchev–Trinajstić information content (AvgIpc) is 3.47. The van der Waals surface area contributed by atoms with Crippen molar-refractivity contribution in [2.75, 3.05) is 32.7 Å². The molecule has 1 aromatic heterocycles. The highest BCUT2D eigenvalue weighted by Crippen LogP contribution is 2.27. The number of nitrogens with two attached hydrogens (primary N) is 1. The summed E-state index contributed by atoms with van der Waals surface area (Å²) in [5.41, 5.74) is 8.67. The molecule has 5 rings (SSSR count). The number of H-pyrrole nitrogens is 1. The quantitative estimate of drug-likeness (QED) is 0.197. The van der Waals surface area contributed by atoms with E-state index < -0.39 is 30.1 Å². The minimum absolute atomic E-state index is 0.0716. The Hall–Kier alpha value is -4.22. The highest BCUT2D eigenvalue weighted by Gasteiger charge is 2.46. The van der Waals surface area contributed by atoms with E-state index in [1.165, 1.54) is 4.90 Å². The molecule has 0 spiro atoms. The fraction of sp³-hybridized carbons (Fsp3) is 0.500. The summed E-state index contributed by atoms with van der Waals surface area (Å²) in [6, 6.07) is 14.5. The number of benzene rings is 2. The Labute approximate surface area is 276 Å². The molecule has 0 aliphatic carbocycles. The number of para-hydroxylation sites is 1. The van der Waals surface area contributed by atoms with Gasteiger partial charge in [-0.15, -0.1) is 0 Å². The number of piperazine rings is 2. The van der Waals surface area contributed by atoms with Gasteiger partial charge >= 0.3 is 5.97 Å². The Morgan fingerprint density at radius 2 is 1.66 bits per heavy atom. The van der Waals surface area contributed by atoms with Gasteiger partial charge in [0.15, 0.2) is 0 Å². The van der Waals surface area contributed by atoms with Gasteiger partial charge in [0.2, 0.25) is 17.7 Å². The average molecular weight is 645 g/mol. The zero-order chi connectivity index (χ0) is 33.5. The molecule has 5 N–H and O–H groups in total. The molecule has 2 aliphatic rings. The van der Waals surface area contributed by atoms with Crippen molar-refractivity contribution in [2.24, 2.45) is 11.7 Å². The molecule has 0 saturated carbocycles. The zero-order valence-corrected chi connectivity index (χ0v) is 27.4. The third-order valence-electron chi connectivity index (χ3n) is 9.45. The van der Waals surface area contributed by atoms with Gasteiger partial charge in [-0.3, -0.25) is 14.4 Å². The van der Waals surface area contributed by atoms with Gasteiger partial charge in [-0.1, -0.05) is 62.4 Å². The molecule has 47 heavy (non-hydrogen) atoms. The minimum atomic E-state index is -1.04. The molecule has 0 bridgehead atoms. The predicted octanol–water partition coefficient (Wildman–Crippen LogP) is 2.79. The highest BCUT2D eigenvalue weighted by molar-refractivity contribution is 5.96. The first-order valence-corrected chi connectivity index (χ1v) is 16.9. The Morgan fingerprint density at radius 1 is 0.936 bits per heavy atom. The maximum Gasteiger partial charge on any atom is 0.326 e. The SMILES string of the molecule is CC(C)C[C@@H](C(=O)O)N1CCN(C(=O)[C@H](Cc2c[nH]c3ccccc23)N2CCN[C@@H](Cc3ccccc3)C2=O)[C@@H](CCCCN)C1=O. The molecule has 0 radical (unpaired) electrons. The lowest BCUT2D eigenvalue weighted by Crippen LogP contribution is -2.67. The molecule has 3 amide bonds. The van der Waals surface area contributed by atoms with E-state index in [0.29, 0.717) is 51.7 Å². The maximum atomic E-state index is 14.8. The molecular formula is C36H48N6O5. The van der Waals surface area contributed by atoms with E-state index in [9.17, 15) is 24.3 Å². The molecule has 252 valence electrons. The van der Waals surface area contributed by atoms with Crippen molar-refractivity contribution in [1.82, 2.24) is 25.0 Å². The number of carbonyl (C=O) groups is 4. The van der Waals surface area contributed by atoms with E-state index >= 15 is 0 Å². The van der Waals surface area contributed by atoms with Crippen molar-refractivity contribution >= 4 is 34.6 Å². The Balaban J connectivity index is 1.47. The standard InChI is InChI=1S/C36H48N6O5/c1-24(2)20-32(36(46)47)42-19-18-41(30(34(42)44)14-8-9-15-37)35(45)31(22-26-23-39-28-13-7-6-12-27(26)28)40-17-16-38-29(33(40)43)21-25-10-4-3-5-11-25/h3-7,10-13,23-24,29-32,38-39H,8-9,14-22,37H2,1-2H3,(H,46,47)/t29-,30-,31-,32-/m0/s1. The molecule has 2 aliphatic heterocycles. The summed E-state index contributed by atoms with van der Waals surface area (Å²) in [6.07, 6.45) is 4.66. The first-order valence-electron chi connectivity index (χ1n) is 16.9. The number of carbonyl (C=O) groups excluding carboxylic acids is 3. The van der Waals surface area contributed by atoms with E-state index in [4.69, 9.17) is 5.73 Å². The fourth-order valence-corrected chi connectivity index (χ4v) is 7.06. The topological polar surface area (TPSA) is 152 Å². The first-order chi connectivity index (χ1) is 22.7. The number of aromatic nitrogens is 1. The Kier molecular flexibility index (Phi) is 11.3. The summed E-state index contributed by atoms with van der Waals surface area (Å²) in [6.45, 7) is 5.51. The maximum absolute atomic E-state index is 14.8. The Morgan fingerprint density at radius 3 is 2.38 bits per heavy atom. The number of aliphatic carboxylic acids is 1. The number of nitrogens with one attached hydrogen (secondary N) is 2. The van der Waals surface area contributed by atoms with Crippen LogP contribution in [0.4, 0.5) is 0 Å². The lowest BCUT2D eigenvalue weighted by atomic mass is 9.95. The number of fused-ring (bicyclic) bond motifs is 1. The van der Waals surface area contributed by atoms with Gasteiger partial charge in [0, 0.05) is 49.7 Å². The lowest BCUT2D eigenvalue weighted by Gasteiger charge is -2.46. The second kappa shape index (κ2) is 15.6. The molecule has 11 nitrogen and oxygen atoms in total. The van der Waals surface area contributed by atoms with E-state index in [1.807, 2.05) is 74.6 Å². The van der Waals surface area contributed by atoms with Gasteiger partial charge in [0.25, 0.3) is 0 Å². The number of hydrogen-bond acceptors (Lipinski definition) is 6. The second-order valence-corrected chi connectivity index (χ2v) is 13.2. The van der Waals surface area contributed by atoms with Crippen LogP contribution >= 0.6 is 0 Å². The summed E-state index contributed by atoms with van der Waals surface area (Å²) in [5, 5.41) is 14.4. The van der Waals surface area contributed by atoms with Crippen LogP contribution in [0.1, 0.15) is 50.7 Å². The largest absolute Gasteiger partial charge is 0.480 e. The van der Waals surface area contributed by atoms with Gasteiger partial charge in [-0.2, -0.15) is 0 Å². The number of carboxylic acid groups (broad SMARTS) is 1. The number of amides is 3. The van der Waals surface area contributed by atoms with Crippen molar-refractivity contribution in [2.45, 2.75) is 76.5 Å². The van der Waals surface area contributed by atoms with Crippen LogP contribution in [0.15, 0.2) is 60.8 Å². The molecule has 2 fully saturated rings. The van der Waals surface area contributed by atoms with Crippen LogP contribution in [-0.2, 0) is 32.0 Å². The summed E-state index contributed by atoms with van der Waals surface area (Å²) >= 11 is 0. The van der Waals surface area contributed by atoms with Crippen molar-refractivity contribution in [3.05, 3.63) is 71.9 Å². The van der Waals surface area contributed by atoms with Crippen LogP contribution in [0.3, 0.4) is 0 Å². The molecule has 4 atom stereocenters. The minimum Gasteiger partial charge on any atom is -0.480 e. The number of unbranched alkanes of at least 4 members (excludes halogenated alkanes) is 1. The van der Waals surface area contributed by atoms with E-state index in [1.54, 1.807) is 9.80 Å². The van der Waals surface area contributed by atoms with E-state index in [0.717, 1.165) is 22.0 Å². The number of carboxylic acids is 1.